The van der Waals surface area contributed by atoms with Crippen LogP contribution in [0.3, 0.4) is 0 Å². The average Bonchev–Trinajstić information content (AvgIpc) is 2.39. The molecule has 1 aromatic carbocycles. The van der Waals surface area contributed by atoms with E-state index in [1.54, 1.807) is 25.3 Å². The maximum Gasteiger partial charge on any atom is 0.252 e. The average molecular weight is 282 g/mol. The summed E-state index contributed by atoms with van der Waals surface area (Å²) in [5, 5.41) is 5.36. The molecular formula is C13H18N2O3S. The third-order valence-electron chi connectivity index (χ3n) is 2.41. The molecule has 5 nitrogen and oxygen atoms in total. The van der Waals surface area contributed by atoms with Crippen molar-refractivity contribution in [2.45, 2.75) is 11.3 Å². The van der Waals surface area contributed by atoms with Gasteiger partial charge in [-0.1, -0.05) is 12.1 Å². The number of amides is 2. The van der Waals surface area contributed by atoms with Crippen LogP contribution >= 0.6 is 12.6 Å². The van der Waals surface area contributed by atoms with Gasteiger partial charge in [-0.2, -0.15) is 0 Å². The van der Waals surface area contributed by atoms with Gasteiger partial charge in [0.15, 0.2) is 0 Å². The Morgan fingerprint density at radius 3 is 2.63 bits per heavy atom. The van der Waals surface area contributed by atoms with Crippen molar-refractivity contribution in [3.8, 4) is 0 Å². The Kier molecular flexibility index (Phi) is 6.99. The van der Waals surface area contributed by atoms with E-state index in [0.29, 0.717) is 30.2 Å². The van der Waals surface area contributed by atoms with Gasteiger partial charge in [-0.25, -0.2) is 0 Å². The summed E-state index contributed by atoms with van der Waals surface area (Å²) >= 11 is 4.20. The number of hydrogen-bond donors (Lipinski definition) is 3. The Bertz CT molecular complexity index is 438. The summed E-state index contributed by atoms with van der Waals surface area (Å²) < 4.78 is 4.81. The molecule has 0 saturated carbocycles. The van der Waals surface area contributed by atoms with Crippen molar-refractivity contribution in [2.24, 2.45) is 0 Å². The normalized spacial score (nSPS) is 10.0. The SMILES string of the molecule is COCCNC(=O)CCNC(=O)c1ccccc1S. The van der Waals surface area contributed by atoms with Gasteiger partial charge in [0.1, 0.15) is 0 Å². The van der Waals surface area contributed by atoms with Crippen LogP contribution in [0, 0.1) is 0 Å². The minimum atomic E-state index is -0.227. The Hall–Kier alpha value is -1.53. The molecule has 0 unspecified atom stereocenters. The van der Waals surface area contributed by atoms with Crippen LogP contribution in [0.1, 0.15) is 16.8 Å². The maximum atomic E-state index is 11.8. The third kappa shape index (κ3) is 5.76. The van der Waals surface area contributed by atoms with E-state index in [1.165, 1.54) is 0 Å². The van der Waals surface area contributed by atoms with Crippen molar-refractivity contribution in [1.82, 2.24) is 10.6 Å². The Labute approximate surface area is 118 Å². The summed E-state index contributed by atoms with van der Waals surface area (Å²) in [4.78, 5) is 23.8. The number of benzene rings is 1. The summed E-state index contributed by atoms with van der Waals surface area (Å²) in [6, 6.07) is 7.01. The highest BCUT2D eigenvalue weighted by molar-refractivity contribution is 7.80. The molecule has 0 radical (unpaired) electrons. The van der Waals surface area contributed by atoms with E-state index < -0.39 is 0 Å². The Morgan fingerprint density at radius 2 is 1.95 bits per heavy atom. The summed E-state index contributed by atoms with van der Waals surface area (Å²) in [6.07, 6.45) is 0.240. The van der Waals surface area contributed by atoms with Crippen LogP contribution in [-0.4, -0.2) is 38.6 Å². The monoisotopic (exact) mass is 282 g/mol. The van der Waals surface area contributed by atoms with Crippen LogP contribution in [-0.2, 0) is 9.53 Å². The first-order valence-corrected chi connectivity index (χ1v) is 6.41. The predicted octanol–water partition coefficient (Wildman–Crippen LogP) is 0.858. The topological polar surface area (TPSA) is 67.4 Å². The summed E-state index contributed by atoms with van der Waals surface area (Å²) in [7, 11) is 1.57. The number of thiol groups is 1. The lowest BCUT2D eigenvalue weighted by atomic mass is 10.2. The number of hydrogen-bond acceptors (Lipinski definition) is 4. The zero-order valence-corrected chi connectivity index (χ0v) is 11.7. The van der Waals surface area contributed by atoms with Crippen LogP contribution in [0.2, 0.25) is 0 Å². The van der Waals surface area contributed by atoms with Crippen LogP contribution in [0.15, 0.2) is 29.2 Å². The number of carbonyl (C=O) groups is 2. The number of rotatable bonds is 7. The molecule has 6 heteroatoms. The van der Waals surface area contributed by atoms with E-state index in [0.717, 1.165) is 0 Å². The number of nitrogens with one attached hydrogen (secondary N) is 2. The molecule has 0 heterocycles. The van der Waals surface area contributed by atoms with Crippen LogP contribution in [0.25, 0.3) is 0 Å². The summed E-state index contributed by atoms with van der Waals surface area (Å²) in [5.74, 6) is -0.341. The lowest BCUT2D eigenvalue weighted by Crippen LogP contribution is -2.32. The molecule has 1 rings (SSSR count). The molecule has 2 N–H and O–H groups in total. The van der Waals surface area contributed by atoms with Gasteiger partial charge < -0.3 is 15.4 Å². The van der Waals surface area contributed by atoms with Crippen molar-refractivity contribution in [3.63, 3.8) is 0 Å². The second-order valence-electron chi connectivity index (χ2n) is 3.87. The Balaban J connectivity index is 2.28. The smallest absolute Gasteiger partial charge is 0.252 e. The highest BCUT2D eigenvalue weighted by Gasteiger charge is 2.08. The fourth-order valence-corrected chi connectivity index (χ4v) is 1.69. The van der Waals surface area contributed by atoms with Crippen molar-refractivity contribution < 1.29 is 14.3 Å². The lowest BCUT2D eigenvalue weighted by Gasteiger charge is -2.07. The van der Waals surface area contributed by atoms with Crippen LogP contribution in [0.4, 0.5) is 0 Å². The van der Waals surface area contributed by atoms with E-state index in [-0.39, 0.29) is 18.2 Å². The van der Waals surface area contributed by atoms with Crippen molar-refractivity contribution in [2.75, 3.05) is 26.8 Å². The molecule has 0 aromatic heterocycles. The summed E-state index contributed by atoms with van der Waals surface area (Å²) in [6.45, 7) is 1.24. The van der Waals surface area contributed by atoms with Gasteiger partial charge in [-0.15, -0.1) is 12.6 Å². The first-order valence-electron chi connectivity index (χ1n) is 5.97. The predicted molar refractivity (Wildman–Crippen MR) is 75.5 cm³/mol. The van der Waals surface area contributed by atoms with Crippen molar-refractivity contribution >= 4 is 24.4 Å². The largest absolute Gasteiger partial charge is 0.383 e. The van der Waals surface area contributed by atoms with Gasteiger partial charge in [0.05, 0.1) is 12.2 Å². The van der Waals surface area contributed by atoms with Crippen LogP contribution < -0.4 is 10.6 Å². The molecule has 0 fully saturated rings. The van der Waals surface area contributed by atoms with Gasteiger partial charge in [-0.3, -0.25) is 9.59 Å². The fraction of sp³-hybridized carbons (Fsp3) is 0.385. The van der Waals surface area contributed by atoms with Gasteiger partial charge in [0.2, 0.25) is 5.91 Å². The third-order valence-corrected chi connectivity index (χ3v) is 2.80. The quantitative estimate of drug-likeness (QED) is 0.513. The zero-order valence-electron chi connectivity index (χ0n) is 10.8. The lowest BCUT2D eigenvalue weighted by molar-refractivity contribution is -0.121. The maximum absolute atomic E-state index is 11.8. The summed E-state index contributed by atoms with van der Waals surface area (Å²) in [5.41, 5.74) is 0.505. The minimum absolute atomic E-state index is 0.114. The molecule has 104 valence electrons. The van der Waals surface area contributed by atoms with E-state index in [9.17, 15) is 9.59 Å². The number of methoxy groups -OCH3 is 1. The molecule has 1 aromatic rings. The highest BCUT2D eigenvalue weighted by atomic mass is 32.1. The highest BCUT2D eigenvalue weighted by Crippen LogP contribution is 2.12. The van der Waals surface area contributed by atoms with E-state index in [1.807, 2.05) is 6.07 Å². The molecule has 0 aliphatic carbocycles. The second kappa shape index (κ2) is 8.55. The van der Waals surface area contributed by atoms with E-state index in [4.69, 9.17) is 4.74 Å². The van der Waals surface area contributed by atoms with E-state index in [2.05, 4.69) is 23.3 Å². The standard InChI is InChI=1S/C13H18N2O3S/c1-18-9-8-14-12(16)6-7-15-13(17)10-4-2-3-5-11(10)19/h2-5,19H,6-9H2,1H3,(H,14,16)(H,15,17). The molecule has 0 aliphatic rings. The minimum Gasteiger partial charge on any atom is -0.383 e. The van der Waals surface area contributed by atoms with Crippen molar-refractivity contribution in [1.29, 1.82) is 0 Å². The molecular weight excluding hydrogens is 264 g/mol. The van der Waals surface area contributed by atoms with Gasteiger partial charge in [0.25, 0.3) is 5.91 Å². The second-order valence-corrected chi connectivity index (χ2v) is 4.35. The molecule has 19 heavy (non-hydrogen) atoms. The molecule has 0 aliphatic heterocycles. The van der Waals surface area contributed by atoms with Gasteiger partial charge in [-0.05, 0) is 12.1 Å². The molecule has 0 saturated heterocycles. The van der Waals surface area contributed by atoms with Crippen molar-refractivity contribution in [3.05, 3.63) is 29.8 Å². The zero-order chi connectivity index (χ0) is 14.1. The first kappa shape index (κ1) is 15.5. The first-order chi connectivity index (χ1) is 9.15. The Morgan fingerprint density at radius 1 is 1.21 bits per heavy atom. The molecule has 2 amide bonds. The van der Waals surface area contributed by atoms with Crippen LogP contribution in [0.5, 0.6) is 0 Å². The van der Waals surface area contributed by atoms with Gasteiger partial charge >= 0.3 is 0 Å². The molecule has 0 spiro atoms. The van der Waals surface area contributed by atoms with Gasteiger partial charge in [0, 0.05) is 31.5 Å². The number of carbonyl (C=O) groups excluding carboxylic acids is 2. The van der Waals surface area contributed by atoms with E-state index >= 15 is 0 Å². The molecule has 0 atom stereocenters. The fourth-order valence-electron chi connectivity index (χ4n) is 1.43. The number of ether oxygens (including phenoxy) is 1. The molecule has 0 bridgehead atoms.